The van der Waals surface area contributed by atoms with Crippen LogP contribution in [0.3, 0.4) is 0 Å². The highest BCUT2D eigenvalue weighted by molar-refractivity contribution is 5.40. The third kappa shape index (κ3) is 2.45. The average Bonchev–Trinajstić information content (AvgIpc) is 3.47. The highest BCUT2D eigenvalue weighted by Gasteiger charge is 2.77. The molecule has 32 heavy (non-hydrogen) atoms. The van der Waals surface area contributed by atoms with Crippen molar-refractivity contribution in [3.8, 4) is 0 Å². The summed E-state index contributed by atoms with van der Waals surface area (Å²) in [7, 11) is 0. The Labute approximate surface area is 197 Å². The zero-order valence-corrected chi connectivity index (χ0v) is 22.1. The van der Waals surface area contributed by atoms with Gasteiger partial charge in [-0.1, -0.05) is 67.0 Å². The van der Waals surface area contributed by atoms with Crippen LogP contribution in [0.1, 0.15) is 107 Å². The Morgan fingerprint density at radius 1 is 0.875 bits per heavy atom. The van der Waals surface area contributed by atoms with Crippen molar-refractivity contribution in [3.63, 3.8) is 0 Å². The van der Waals surface area contributed by atoms with E-state index in [-0.39, 0.29) is 27.8 Å². The van der Waals surface area contributed by atoms with Gasteiger partial charge in [0.2, 0.25) is 0 Å². The lowest BCUT2D eigenvalue weighted by atomic mass is 9.35. The Balaban J connectivity index is 1.46. The number of hydrogen-bond acceptors (Lipinski definition) is 2. The average molecular weight is 441 g/mol. The predicted molar refractivity (Wildman–Crippen MR) is 130 cm³/mol. The molecule has 4 saturated carbocycles. The normalized spacial score (nSPS) is 59.5. The molecule has 0 bridgehead atoms. The molecule has 2 nitrogen and oxygen atoms in total. The molecule has 2 heteroatoms. The van der Waals surface area contributed by atoms with Crippen LogP contribution in [-0.2, 0) is 4.74 Å². The number of aliphatic hydroxyl groups excluding tert-OH is 1. The summed E-state index contributed by atoms with van der Waals surface area (Å²) >= 11 is 0. The Morgan fingerprint density at radius 2 is 1.59 bits per heavy atom. The largest absolute Gasteiger partial charge is 0.393 e. The van der Waals surface area contributed by atoms with Crippen molar-refractivity contribution in [1.29, 1.82) is 0 Å². The highest BCUT2D eigenvalue weighted by Crippen LogP contribution is 2.78. The first-order valence-electron chi connectivity index (χ1n) is 13.7. The summed E-state index contributed by atoms with van der Waals surface area (Å²) in [6.45, 7) is 20.1. The van der Waals surface area contributed by atoms with Crippen LogP contribution in [0.5, 0.6) is 0 Å². The van der Waals surface area contributed by atoms with Crippen molar-refractivity contribution in [2.24, 2.45) is 50.2 Å². The van der Waals surface area contributed by atoms with Crippen LogP contribution < -0.4 is 0 Å². The van der Waals surface area contributed by atoms with Crippen LogP contribution in [0.4, 0.5) is 0 Å². The van der Waals surface area contributed by atoms with Crippen LogP contribution in [-0.4, -0.2) is 23.4 Å². The molecule has 0 amide bonds. The highest BCUT2D eigenvalue weighted by atomic mass is 16.6. The topological polar surface area (TPSA) is 32.8 Å². The molecular formula is C30H48O2. The van der Waals surface area contributed by atoms with Crippen molar-refractivity contribution in [3.05, 3.63) is 11.6 Å². The third-order valence-electron chi connectivity index (χ3n) is 13.0. The number of rotatable bonds is 0. The quantitative estimate of drug-likeness (QED) is 0.320. The van der Waals surface area contributed by atoms with Crippen LogP contribution in [0, 0.1) is 50.2 Å². The molecule has 1 aliphatic heterocycles. The predicted octanol–water partition coefficient (Wildman–Crippen LogP) is 7.16. The Morgan fingerprint density at radius 3 is 2.31 bits per heavy atom. The summed E-state index contributed by atoms with van der Waals surface area (Å²) in [4.78, 5) is 0. The lowest BCUT2D eigenvalue weighted by Gasteiger charge is -2.69. The summed E-state index contributed by atoms with van der Waals surface area (Å²) in [6, 6.07) is 0. The molecular weight excluding hydrogens is 392 g/mol. The van der Waals surface area contributed by atoms with Gasteiger partial charge in [-0.15, -0.1) is 0 Å². The van der Waals surface area contributed by atoms with Gasteiger partial charge in [-0.05, 0) is 90.3 Å². The SMILES string of the molecule is CC1(C)CC[C@]2(C)CC=C3[C@](C)([C@@H]2C1)[C@H]1O[C@H]1[C@@H]1[C@@]2(C)CC[C@@H](O)C(C)(C)[C@H]2CC[C@@]31C. The van der Waals surface area contributed by atoms with Crippen molar-refractivity contribution in [2.45, 2.75) is 125 Å². The molecule has 5 aliphatic carbocycles. The summed E-state index contributed by atoms with van der Waals surface area (Å²) in [5, 5.41) is 10.9. The van der Waals surface area contributed by atoms with Gasteiger partial charge in [0.25, 0.3) is 0 Å². The lowest BCUT2D eigenvalue weighted by molar-refractivity contribution is -0.178. The smallest absolute Gasteiger partial charge is 0.0938 e. The number of hydrogen-bond donors (Lipinski definition) is 1. The van der Waals surface area contributed by atoms with Gasteiger partial charge in [0.05, 0.1) is 18.3 Å². The fourth-order valence-electron chi connectivity index (χ4n) is 11.2. The number of allylic oxidation sites excluding steroid dienone is 1. The molecule has 1 heterocycles. The van der Waals surface area contributed by atoms with E-state index in [1.807, 2.05) is 0 Å². The van der Waals surface area contributed by atoms with Gasteiger partial charge in [-0.25, -0.2) is 0 Å². The van der Waals surface area contributed by atoms with Gasteiger partial charge >= 0.3 is 0 Å². The van der Waals surface area contributed by atoms with E-state index in [4.69, 9.17) is 4.74 Å². The first-order valence-corrected chi connectivity index (χ1v) is 13.7. The molecule has 0 aromatic heterocycles. The van der Waals surface area contributed by atoms with Gasteiger partial charge in [0, 0.05) is 11.3 Å². The van der Waals surface area contributed by atoms with Crippen LogP contribution in [0.2, 0.25) is 0 Å². The Hall–Kier alpha value is -0.340. The molecule has 6 rings (SSSR count). The van der Waals surface area contributed by atoms with E-state index in [9.17, 15) is 5.11 Å². The molecule has 180 valence electrons. The number of ether oxygens (including phenoxy) is 1. The van der Waals surface area contributed by atoms with Gasteiger partial charge in [0.1, 0.15) is 0 Å². The molecule has 1 N–H and O–H groups in total. The molecule has 5 fully saturated rings. The minimum Gasteiger partial charge on any atom is -0.393 e. The maximum absolute atomic E-state index is 10.9. The first kappa shape index (κ1) is 22.1. The lowest BCUT2D eigenvalue weighted by Crippen LogP contribution is -2.65. The summed E-state index contributed by atoms with van der Waals surface area (Å²) in [5.41, 5.74) is 3.40. The van der Waals surface area contributed by atoms with E-state index < -0.39 is 0 Å². The molecule has 6 aliphatic rings. The molecule has 0 radical (unpaired) electrons. The van der Waals surface area contributed by atoms with E-state index in [1.54, 1.807) is 5.57 Å². The molecule has 0 spiro atoms. The van der Waals surface area contributed by atoms with E-state index in [1.165, 1.54) is 38.5 Å². The van der Waals surface area contributed by atoms with Crippen molar-refractivity contribution < 1.29 is 9.84 Å². The maximum Gasteiger partial charge on any atom is 0.0938 e. The van der Waals surface area contributed by atoms with Crippen molar-refractivity contribution in [1.82, 2.24) is 0 Å². The van der Waals surface area contributed by atoms with Crippen LogP contribution in [0.15, 0.2) is 11.6 Å². The Bertz CT molecular complexity index is 870. The zero-order chi connectivity index (χ0) is 23.1. The van der Waals surface area contributed by atoms with Crippen LogP contribution >= 0.6 is 0 Å². The van der Waals surface area contributed by atoms with E-state index >= 15 is 0 Å². The second-order valence-electron chi connectivity index (χ2n) is 15.6. The molecule has 0 aromatic carbocycles. The first-order chi connectivity index (χ1) is 14.7. The molecule has 1 saturated heterocycles. The van der Waals surface area contributed by atoms with Crippen molar-refractivity contribution >= 4 is 0 Å². The molecule has 0 unspecified atom stereocenters. The van der Waals surface area contributed by atoms with E-state index in [2.05, 4.69) is 61.5 Å². The standard InChI is InChI=1S/C30H48O2/c1-25(2)15-16-27(5)12-9-19-29(7)13-10-18-26(3,4)21(31)11-14-28(18,6)23(29)22-24(32-22)30(19,8)20(27)17-25/h9,18,20-24,31H,10-17H2,1-8H3/t18-,20-,21-,22+,23-,24+,27+,28+,29+,30-/m1/s1. The van der Waals surface area contributed by atoms with E-state index in [0.717, 1.165) is 18.8 Å². The van der Waals surface area contributed by atoms with Crippen LogP contribution in [0.25, 0.3) is 0 Å². The zero-order valence-electron chi connectivity index (χ0n) is 22.1. The van der Waals surface area contributed by atoms with Gasteiger partial charge in [-0.3, -0.25) is 0 Å². The van der Waals surface area contributed by atoms with E-state index in [0.29, 0.717) is 34.9 Å². The second kappa shape index (κ2) is 6.07. The molecule has 0 aromatic rings. The van der Waals surface area contributed by atoms with Gasteiger partial charge in [0.15, 0.2) is 0 Å². The minimum absolute atomic E-state index is 0.00633. The number of aliphatic hydroxyl groups is 1. The minimum atomic E-state index is -0.159. The Kier molecular flexibility index (Phi) is 4.20. The third-order valence-corrected chi connectivity index (χ3v) is 13.0. The maximum atomic E-state index is 10.9. The van der Waals surface area contributed by atoms with Gasteiger partial charge < -0.3 is 9.84 Å². The molecule has 10 atom stereocenters. The number of epoxide rings is 1. The second-order valence-corrected chi connectivity index (χ2v) is 15.6. The van der Waals surface area contributed by atoms with Gasteiger partial charge in [-0.2, -0.15) is 0 Å². The summed E-state index contributed by atoms with van der Waals surface area (Å²) in [6.07, 6.45) is 13.4. The fourth-order valence-corrected chi connectivity index (χ4v) is 11.2. The summed E-state index contributed by atoms with van der Waals surface area (Å²) < 4.78 is 6.85. The summed E-state index contributed by atoms with van der Waals surface area (Å²) in [5.74, 6) is 1.93. The fraction of sp³-hybridized carbons (Fsp3) is 0.933. The van der Waals surface area contributed by atoms with Crippen molar-refractivity contribution in [2.75, 3.05) is 0 Å². The number of fused-ring (bicyclic) bond motifs is 10. The monoisotopic (exact) mass is 440 g/mol.